The molecular formula is C21H25ClO8. The Bertz CT molecular complexity index is 851. The van der Waals surface area contributed by atoms with Gasteiger partial charge in [0.15, 0.2) is 0 Å². The van der Waals surface area contributed by atoms with E-state index in [0.717, 1.165) is 5.56 Å². The standard InChI is InChI=1S/C21H25ClO8/c22-16-6-3-12(18-19(25)14(10-23)9-17(24)20(18)26)8-13(16)7-11-1-4-15(5-2-11)30-21(27,28)29/h1-6,8,14,17-20,23-29H,7,9-10H2. The molecule has 0 aromatic heterocycles. The van der Waals surface area contributed by atoms with E-state index in [1.807, 2.05) is 0 Å². The molecule has 164 valence electrons. The van der Waals surface area contributed by atoms with E-state index in [2.05, 4.69) is 4.74 Å². The van der Waals surface area contributed by atoms with Crippen molar-refractivity contribution in [3.05, 3.63) is 64.2 Å². The van der Waals surface area contributed by atoms with Crippen molar-refractivity contribution in [3.63, 3.8) is 0 Å². The Labute approximate surface area is 178 Å². The number of benzene rings is 2. The topological polar surface area (TPSA) is 151 Å². The molecule has 3 rings (SSSR count). The summed E-state index contributed by atoms with van der Waals surface area (Å²) < 4.78 is 4.52. The lowest BCUT2D eigenvalue weighted by Gasteiger charge is -2.40. The number of aliphatic hydroxyl groups is 7. The monoisotopic (exact) mass is 440 g/mol. The average Bonchev–Trinajstić information content (AvgIpc) is 2.67. The fourth-order valence-corrected chi connectivity index (χ4v) is 4.08. The fraction of sp³-hybridized carbons (Fsp3) is 0.429. The van der Waals surface area contributed by atoms with Gasteiger partial charge in [-0.3, -0.25) is 0 Å². The summed E-state index contributed by atoms with van der Waals surface area (Å²) in [7, 11) is 0. The molecule has 1 saturated carbocycles. The van der Waals surface area contributed by atoms with Gasteiger partial charge in [0.1, 0.15) is 5.75 Å². The quantitative estimate of drug-likeness (QED) is 0.312. The molecule has 8 nitrogen and oxygen atoms in total. The van der Waals surface area contributed by atoms with Crippen molar-refractivity contribution in [1.29, 1.82) is 0 Å². The molecule has 30 heavy (non-hydrogen) atoms. The van der Waals surface area contributed by atoms with Crippen LogP contribution in [0.1, 0.15) is 29.0 Å². The third kappa shape index (κ3) is 5.29. The molecule has 0 amide bonds. The lowest BCUT2D eigenvalue weighted by atomic mass is 9.72. The summed E-state index contributed by atoms with van der Waals surface area (Å²) in [4.78, 5) is 0. The summed E-state index contributed by atoms with van der Waals surface area (Å²) in [6.07, 6.45) is -6.02. The Kier molecular flexibility index (Phi) is 7.01. The molecule has 5 unspecified atom stereocenters. The van der Waals surface area contributed by atoms with Gasteiger partial charge in [-0.25, -0.2) is 0 Å². The lowest BCUT2D eigenvalue weighted by molar-refractivity contribution is -0.419. The van der Waals surface area contributed by atoms with Gasteiger partial charge in [-0.15, -0.1) is 0 Å². The van der Waals surface area contributed by atoms with Crippen molar-refractivity contribution >= 4 is 11.6 Å². The van der Waals surface area contributed by atoms with E-state index < -0.39 is 36.3 Å². The van der Waals surface area contributed by atoms with E-state index in [4.69, 9.17) is 26.9 Å². The zero-order chi connectivity index (χ0) is 22.1. The van der Waals surface area contributed by atoms with E-state index in [-0.39, 0.29) is 18.8 Å². The summed E-state index contributed by atoms with van der Waals surface area (Å²) in [6, 6.07) is 11.3. The highest BCUT2D eigenvalue weighted by atomic mass is 35.5. The third-order valence-corrected chi connectivity index (χ3v) is 5.79. The van der Waals surface area contributed by atoms with Gasteiger partial charge in [0.05, 0.1) is 18.3 Å². The summed E-state index contributed by atoms with van der Waals surface area (Å²) in [5, 5.41) is 67.7. The largest absolute Gasteiger partial charge is 0.453 e. The second-order valence-corrected chi connectivity index (χ2v) is 8.01. The molecule has 7 N–H and O–H groups in total. The smallest absolute Gasteiger partial charge is 0.417 e. The minimum atomic E-state index is -3.27. The van der Waals surface area contributed by atoms with Crippen LogP contribution in [0.2, 0.25) is 5.02 Å². The molecule has 0 aliphatic heterocycles. The summed E-state index contributed by atoms with van der Waals surface area (Å²) in [6.45, 7) is -0.298. The third-order valence-electron chi connectivity index (χ3n) is 5.42. The maximum absolute atomic E-state index is 10.6. The van der Waals surface area contributed by atoms with Crippen LogP contribution in [-0.4, -0.2) is 66.8 Å². The fourth-order valence-electron chi connectivity index (χ4n) is 3.89. The van der Waals surface area contributed by atoms with Crippen LogP contribution in [0.4, 0.5) is 0 Å². The van der Waals surface area contributed by atoms with Gasteiger partial charge < -0.3 is 40.5 Å². The van der Waals surface area contributed by atoms with Crippen molar-refractivity contribution in [2.75, 3.05) is 6.61 Å². The predicted octanol–water partition coefficient (Wildman–Crippen LogP) is 0.0763. The second-order valence-electron chi connectivity index (χ2n) is 7.60. The van der Waals surface area contributed by atoms with Crippen LogP contribution in [0.3, 0.4) is 0 Å². The molecule has 1 aliphatic carbocycles. The van der Waals surface area contributed by atoms with Crippen molar-refractivity contribution in [3.8, 4) is 5.75 Å². The molecule has 0 bridgehead atoms. The van der Waals surface area contributed by atoms with Crippen LogP contribution in [0.5, 0.6) is 5.75 Å². The Morgan fingerprint density at radius 1 is 0.967 bits per heavy atom. The molecule has 0 heterocycles. The number of hydrogen-bond acceptors (Lipinski definition) is 8. The maximum Gasteiger partial charge on any atom is 0.453 e. The molecular weight excluding hydrogens is 416 g/mol. The van der Waals surface area contributed by atoms with Gasteiger partial charge in [-0.2, -0.15) is 0 Å². The molecule has 0 radical (unpaired) electrons. The normalized spacial score (nSPS) is 27.1. The summed E-state index contributed by atoms with van der Waals surface area (Å²) in [5.74, 6) is -1.27. The highest BCUT2D eigenvalue weighted by molar-refractivity contribution is 6.31. The predicted molar refractivity (Wildman–Crippen MR) is 107 cm³/mol. The molecule has 9 heteroatoms. The van der Waals surface area contributed by atoms with Crippen LogP contribution in [0.25, 0.3) is 0 Å². The maximum atomic E-state index is 10.6. The highest BCUT2D eigenvalue weighted by Gasteiger charge is 2.43. The van der Waals surface area contributed by atoms with Crippen LogP contribution in [-0.2, 0) is 6.42 Å². The Balaban J connectivity index is 1.83. The number of halogens is 1. The molecule has 1 fully saturated rings. The number of aliphatic hydroxyl groups excluding tert-OH is 4. The van der Waals surface area contributed by atoms with E-state index in [1.54, 1.807) is 30.3 Å². The Hall–Kier alpha value is -1.75. The molecule has 0 spiro atoms. The highest BCUT2D eigenvalue weighted by Crippen LogP contribution is 2.38. The van der Waals surface area contributed by atoms with Gasteiger partial charge in [0.25, 0.3) is 0 Å². The number of rotatable bonds is 6. The average molecular weight is 441 g/mol. The van der Waals surface area contributed by atoms with Crippen LogP contribution >= 0.6 is 11.6 Å². The van der Waals surface area contributed by atoms with Gasteiger partial charge in [0, 0.05) is 23.5 Å². The van der Waals surface area contributed by atoms with Crippen molar-refractivity contribution in [2.45, 2.75) is 43.2 Å². The first-order valence-corrected chi connectivity index (χ1v) is 9.85. The van der Waals surface area contributed by atoms with Gasteiger partial charge in [-0.05, 0) is 47.7 Å². The first-order valence-electron chi connectivity index (χ1n) is 9.47. The van der Waals surface area contributed by atoms with Gasteiger partial charge in [-0.1, -0.05) is 35.9 Å². The second kappa shape index (κ2) is 9.17. The van der Waals surface area contributed by atoms with E-state index in [0.29, 0.717) is 22.6 Å². The van der Waals surface area contributed by atoms with Crippen LogP contribution < -0.4 is 4.74 Å². The van der Waals surface area contributed by atoms with Crippen molar-refractivity contribution in [1.82, 2.24) is 0 Å². The molecule has 1 aliphatic rings. The minimum absolute atomic E-state index is 0.0450. The first-order chi connectivity index (χ1) is 14.1. The number of ether oxygens (including phenoxy) is 1. The summed E-state index contributed by atoms with van der Waals surface area (Å²) >= 11 is 6.32. The molecule has 0 saturated heterocycles. The van der Waals surface area contributed by atoms with Crippen molar-refractivity contribution in [2.24, 2.45) is 5.92 Å². The minimum Gasteiger partial charge on any atom is -0.417 e. The first kappa shape index (κ1) is 22.9. The zero-order valence-corrected chi connectivity index (χ0v) is 16.7. The van der Waals surface area contributed by atoms with Crippen molar-refractivity contribution < 1.29 is 40.5 Å². The molecule has 5 atom stereocenters. The summed E-state index contributed by atoms with van der Waals surface area (Å²) in [5.41, 5.74) is 2.11. The zero-order valence-electron chi connectivity index (χ0n) is 16.0. The number of hydrogen-bond donors (Lipinski definition) is 7. The van der Waals surface area contributed by atoms with Crippen LogP contribution in [0.15, 0.2) is 42.5 Å². The lowest BCUT2D eigenvalue weighted by Crippen LogP contribution is -2.49. The SMILES string of the molecule is OCC1CC(O)C(O)C(c2ccc(Cl)c(Cc3ccc(OC(O)(O)O)cc3)c2)C1O. The van der Waals surface area contributed by atoms with Gasteiger partial charge >= 0.3 is 6.16 Å². The van der Waals surface area contributed by atoms with E-state index >= 15 is 0 Å². The van der Waals surface area contributed by atoms with E-state index in [1.165, 1.54) is 12.1 Å². The van der Waals surface area contributed by atoms with Gasteiger partial charge in [0.2, 0.25) is 0 Å². The van der Waals surface area contributed by atoms with E-state index in [9.17, 15) is 20.4 Å². The Morgan fingerprint density at radius 3 is 2.23 bits per heavy atom. The molecule has 2 aromatic carbocycles. The molecule has 2 aromatic rings. The van der Waals surface area contributed by atoms with Crippen LogP contribution in [0, 0.1) is 5.92 Å². The Morgan fingerprint density at radius 2 is 1.63 bits per heavy atom.